The largest absolute Gasteiger partial charge is 0.495 e. The molecule has 0 saturated heterocycles. The first-order valence-corrected chi connectivity index (χ1v) is 5.62. The molecule has 1 heterocycles. The third-order valence-corrected chi connectivity index (χ3v) is 2.53. The summed E-state index contributed by atoms with van der Waals surface area (Å²) in [6.45, 7) is 5.14. The van der Waals surface area contributed by atoms with Crippen molar-refractivity contribution >= 4 is 23.1 Å². The Labute approximate surface area is 98.2 Å². The summed E-state index contributed by atoms with van der Waals surface area (Å²) in [5.74, 6) is -1.11. The highest BCUT2D eigenvalue weighted by Crippen LogP contribution is 2.25. The molecule has 0 N–H and O–H groups in total. The second-order valence-electron chi connectivity index (χ2n) is 4.15. The average molecular weight is 242 g/mol. The van der Waals surface area contributed by atoms with E-state index in [1.165, 1.54) is 7.11 Å². The Bertz CT molecular complexity index is 400. The van der Waals surface area contributed by atoms with Gasteiger partial charge in [-0.3, -0.25) is 4.79 Å². The van der Waals surface area contributed by atoms with Crippen LogP contribution in [0.3, 0.4) is 0 Å². The molecule has 16 heavy (non-hydrogen) atoms. The number of esters is 1. The van der Waals surface area contributed by atoms with Crippen LogP contribution in [0.1, 0.15) is 30.4 Å². The molecule has 0 amide bonds. The molecule has 0 fully saturated rings. The van der Waals surface area contributed by atoms with Crippen LogP contribution in [-0.2, 0) is 9.53 Å². The molecule has 0 atom stereocenters. The number of Topliss-reactive ketones (excluding diaryl/α,β-unsaturated/α-hetero) is 1. The summed E-state index contributed by atoms with van der Waals surface area (Å²) in [5, 5.41) is 1.69. The Morgan fingerprint density at radius 1 is 1.31 bits per heavy atom. The van der Waals surface area contributed by atoms with Gasteiger partial charge in [0.05, 0.1) is 7.11 Å². The lowest BCUT2D eigenvalue weighted by Gasteiger charge is -2.18. The average Bonchev–Trinajstić information content (AvgIpc) is 2.61. The third-order valence-electron chi connectivity index (χ3n) is 1.64. The Hall–Kier alpha value is -1.36. The Morgan fingerprint density at radius 2 is 1.94 bits per heavy atom. The van der Waals surface area contributed by atoms with Crippen LogP contribution in [0.5, 0.6) is 5.75 Å². The summed E-state index contributed by atoms with van der Waals surface area (Å²) >= 11 is 1.16. The molecule has 1 aromatic heterocycles. The van der Waals surface area contributed by atoms with Gasteiger partial charge in [-0.05, 0) is 32.2 Å². The predicted molar refractivity (Wildman–Crippen MR) is 61.0 cm³/mol. The highest BCUT2D eigenvalue weighted by molar-refractivity contribution is 7.13. The number of hydrogen-bond acceptors (Lipinski definition) is 5. The van der Waals surface area contributed by atoms with Crippen molar-refractivity contribution in [2.24, 2.45) is 0 Å². The first-order valence-electron chi connectivity index (χ1n) is 4.74. The first-order chi connectivity index (χ1) is 7.35. The van der Waals surface area contributed by atoms with Gasteiger partial charge >= 0.3 is 5.97 Å². The normalized spacial score (nSPS) is 11.0. The van der Waals surface area contributed by atoms with Gasteiger partial charge in [-0.15, -0.1) is 11.3 Å². The summed E-state index contributed by atoms with van der Waals surface area (Å²) in [6.07, 6.45) is 0. The minimum absolute atomic E-state index is 0.275. The van der Waals surface area contributed by atoms with E-state index in [1.807, 2.05) is 0 Å². The lowest BCUT2D eigenvalue weighted by atomic mass is 10.2. The molecule has 0 aliphatic heterocycles. The SMILES string of the molecule is COc1ccsc1C(=O)C(=O)OC(C)(C)C. The van der Waals surface area contributed by atoms with Gasteiger partial charge in [0, 0.05) is 0 Å². The number of rotatable bonds is 3. The monoisotopic (exact) mass is 242 g/mol. The summed E-state index contributed by atoms with van der Waals surface area (Å²) in [4.78, 5) is 23.5. The molecule has 5 heteroatoms. The molecule has 0 bridgehead atoms. The number of ketones is 1. The van der Waals surface area contributed by atoms with E-state index in [-0.39, 0.29) is 4.88 Å². The van der Waals surface area contributed by atoms with E-state index in [2.05, 4.69) is 0 Å². The Kier molecular flexibility index (Phi) is 3.70. The zero-order chi connectivity index (χ0) is 12.3. The fourth-order valence-corrected chi connectivity index (χ4v) is 1.83. The molecule has 0 spiro atoms. The molecule has 0 radical (unpaired) electrons. The number of carbonyl (C=O) groups excluding carboxylic acids is 2. The molecule has 1 aromatic rings. The van der Waals surface area contributed by atoms with E-state index < -0.39 is 17.4 Å². The van der Waals surface area contributed by atoms with Gasteiger partial charge in [-0.2, -0.15) is 0 Å². The van der Waals surface area contributed by atoms with Crippen LogP contribution in [0.15, 0.2) is 11.4 Å². The predicted octanol–water partition coefficient (Wildman–Crippen LogP) is 2.28. The number of ether oxygens (including phenoxy) is 2. The molecule has 0 aromatic carbocycles. The van der Waals surface area contributed by atoms with Gasteiger partial charge in [0.25, 0.3) is 5.78 Å². The van der Waals surface area contributed by atoms with Gasteiger partial charge < -0.3 is 9.47 Å². The van der Waals surface area contributed by atoms with Crippen LogP contribution in [0, 0.1) is 0 Å². The van der Waals surface area contributed by atoms with Gasteiger partial charge in [-0.25, -0.2) is 4.79 Å². The van der Waals surface area contributed by atoms with E-state index in [4.69, 9.17) is 9.47 Å². The maximum atomic E-state index is 11.7. The van der Waals surface area contributed by atoms with E-state index in [0.29, 0.717) is 5.75 Å². The number of hydrogen-bond donors (Lipinski definition) is 0. The summed E-state index contributed by atoms with van der Waals surface area (Å²) in [6, 6.07) is 1.64. The van der Waals surface area contributed by atoms with Crippen molar-refractivity contribution in [3.05, 3.63) is 16.3 Å². The molecule has 4 nitrogen and oxygen atoms in total. The smallest absolute Gasteiger partial charge is 0.381 e. The molecular formula is C11H14O4S. The molecular weight excluding hydrogens is 228 g/mol. The van der Waals surface area contributed by atoms with Crippen molar-refractivity contribution in [2.75, 3.05) is 7.11 Å². The van der Waals surface area contributed by atoms with Gasteiger partial charge in [0.1, 0.15) is 16.2 Å². The van der Waals surface area contributed by atoms with Crippen molar-refractivity contribution in [1.82, 2.24) is 0 Å². The van der Waals surface area contributed by atoms with Gasteiger partial charge in [0.2, 0.25) is 0 Å². The molecule has 1 rings (SSSR count). The third kappa shape index (κ3) is 3.06. The van der Waals surface area contributed by atoms with Gasteiger partial charge in [0.15, 0.2) is 0 Å². The number of thiophene rings is 1. The quantitative estimate of drug-likeness (QED) is 0.463. The zero-order valence-electron chi connectivity index (χ0n) is 9.70. The van der Waals surface area contributed by atoms with Crippen LogP contribution in [-0.4, -0.2) is 24.5 Å². The minimum Gasteiger partial charge on any atom is -0.495 e. The van der Waals surface area contributed by atoms with Gasteiger partial charge in [-0.1, -0.05) is 0 Å². The highest BCUT2D eigenvalue weighted by atomic mass is 32.1. The van der Waals surface area contributed by atoms with Crippen molar-refractivity contribution in [2.45, 2.75) is 26.4 Å². The molecule has 0 aliphatic rings. The van der Waals surface area contributed by atoms with Crippen molar-refractivity contribution in [3.63, 3.8) is 0 Å². The minimum atomic E-state index is -0.853. The number of carbonyl (C=O) groups is 2. The van der Waals surface area contributed by atoms with Crippen molar-refractivity contribution in [3.8, 4) is 5.75 Å². The van der Waals surface area contributed by atoms with E-state index >= 15 is 0 Å². The Balaban J connectivity index is 2.83. The lowest BCUT2D eigenvalue weighted by molar-refractivity contribution is -0.148. The molecule has 0 aliphatic carbocycles. The zero-order valence-corrected chi connectivity index (χ0v) is 10.5. The van der Waals surface area contributed by atoms with Crippen LogP contribution in [0.4, 0.5) is 0 Å². The second kappa shape index (κ2) is 4.65. The van der Waals surface area contributed by atoms with Crippen LogP contribution in [0.25, 0.3) is 0 Å². The summed E-state index contributed by atoms with van der Waals surface area (Å²) < 4.78 is 9.95. The maximum Gasteiger partial charge on any atom is 0.381 e. The molecule has 0 saturated carbocycles. The van der Waals surface area contributed by atoms with Crippen molar-refractivity contribution < 1.29 is 19.1 Å². The van der Waals surface area contributed by atoms with E-state index in [0.717, 1.165) is 11.3 Å². The lowest BCUT2D eigenvalue weighted by Crippen LogP contribution is -2.28. The topological polar surface area (TPSA) is 52.6 Å². The number of methoxy groups -OCH3 is 1. The van der Waals surface area contributed by atoms with E-state index in [1.54, 1.807) is 32.2 Å². The molecule has 88 valence electrons. The van der Waals surface area contributed by atoms with Crippen LogP contribution in [0.2, 0.25) is 0 Å². The fraction of sp³-hybridized carbons (Fsp3) is 0.455. The van der Waals surface area contributed by atoms with Crippen LogP contribution >= 0.6 is 11.3 Å². The Morgan fingerprint density at radius 3 is 2.44 bits per heavy atom. The second-order valence-corrected chi connectivity index (χ2v) is 5.07. The standard InChI is InChI=1S/C11H14O4S/c1-11(2,3)15-10(13)8(12)9-7(14-4)5-6-16-9/h5-6H,1-4H3. The van der Waals surface area contributed by atoms with Crippen molar-refractivity contribution in [1.29, 1.82) is 0 Å². The maximum absolute atomic E-state index is 11.7. The fourth-order valence-electron chi connectivity index (χ4n) is 1.04. The van der Waals surface area contributed by atoms with E-state index in [9.17, 15) is 9.59 Å². The summed E-state index contributed by atoms with van der Waals surface area (Å²) in [7, 11) is 1.45. The molecule has 0 unspecified atom stereocenters. The van der Waals surface area contributed by atoms with Crippen LogP contribution < -0.4 is 4.74 Å². The first kappa shape index (κ1) is 12.7. The summed E-state index contributed by atoms with van der Waals surface area (Å²) in [5.41, 5.74) is -0.669. The highest BCUT2D eigenvalue weighted by Gasteiger charge is 2.27.